The molecular formula is C33H48N2O9. The van der Waals surface area contributed by atoms with Gasteiger partial charge in [-0.1, -0.05) is 63.8 Å². The summed E-state index contributed by atoms with van der Waals surface area (Å²) in [5.41, 5.74) is 0.533. The van der Waals surface area contributed by atoms with Crippen LogP contribution in [0.15, 0.2) is 30.5 Å². The lowest BCUT2D eigenvalue weighted by Gasteiger charge is -2.48. The number of nitrogens with zero attached hydrogens (tertiary/aromatic N) is 1. The molecule has 3 aliphatic heterocycles. The molecule has 0 unspecified atom stereocenters. The van der Waals surface area contributed by atoms with Crippen LogP contribution in [0.5, 0.6) is 0 Å². The lowest BCUT2D eigenvalue weighted by Crippen LogP contribution is -2.69. The zero-order valence-electron chi connectivity index (χ0n) is 25.9. The van der Waals surface area contributed by atoms with Gasteiger partial charge in [0, 0.05) is 25.8 Å². The Hall–Kier alpha value is -2.54. The molecule has 1 aromatic carbocycles. The van der Waals surface area contributed by atoms with E-state index in [1.165, 1.54) is 6.26 Å². The summed E-state index contributed by atoms with van der Waals surface area (Å²) >= 11 is 0. The van der Waals surface area contributed by atoms with Gasteiger partial charge in [-0.15, -0.1) is 0 Å². The minimum atomic E-state index is -1.25. The first-order valence-electron chi connectivity index (χ1n) is 16.3. The summed E-state index contributed by atoms with van der Waals surface area (Å²) in [5, 5.41) is 22.8. The summed E-state index contributed by atoms with van der Waals surface area (Å²) in [6.45, 7) is 4.60. The fourth-order valence-electron chi connectivity index (χ4n) is 7.19. The van der Waals surface area contributed by atoms with Gasteiger partial charge in [0.2, 0.25) is 5.91 Å². The number of carbonyl (C=O) groups excluding carboxylic acids is 2. The third-order valence-electron chi connectivity index (χ3n) is 9.28. The predicted molar refractivity (Wildman–Crippen MR) is 161 cm³/mol. The van der Waals surface area contributed by atoms with Crippen LogP contribution in [-0.4, -0.2) is 89.8 Å². The standard InChI is InChI=1S/C33H48N2O9/c1-3-5-7-14-32(15-8-6-4-2)42-26-25-21-33(31(39)34-16-17-36)28(30(38)41-25)35(44-29(33)27(26)43-32)22-24-11-9-23(10-12-24)13-19-40-20-18-37/h9-13,19,25-29,36-37H,3-8,14-18,20-22H2,1-2H3,(H,34,39)/t25-,26+,27+,28+,29-,33+/m1/s1. The first kappa shape index (κ1) is 32.8. The van der Waals surface area contributed by atoms with Crippen molar-refractivity contribution in [3.8, 4) is 0 Å². The molecule has 3 heterocycles. The van der Waals surface area contributed by atoms with Crippen LogP contribution in [0, 0.1) is 5.41 Å². The normalized spacial score (nSPS) is 30.4. The topological polar surface area (TPSA) is 136 Å². The number of hydroxylamine groups is 2. The first-order chi connectivity index (χ1) is 21.4. The van der Waals surface area contributed by atoms with E-state index in [4.69, 9.17) is 28.9 Å². The van der Waals surface area contributed by atoms with Crippen LogP contribution in [0.4, 0.5) is 0 Å². The average Bonchev–Trinajstić information content (AvgIpc) is 3.57. The lowest BCUT2D eigenvalue weighted by molar-refractivity contribution is -0.224. The van der Waals surface area contributed by atoms with Crippen LogP contribution in [0.25, 0.3) is 6.08 Å². The van der Waals surface area contributed by atoms with Gasteiger partial charge < -0.3 is 34.5 Å². The maximum atomic E-state index is 14.0. The van der Waals surface area contributed by atoms with Crippen LogP contribution in [0.2, 0.25) is 0 Å². The van der Waals surface area contributed by atoms with Crippen LogP contribution < -0.4 is 5.32 Å². The molecule has 4 fully saturated rings. The van der Waals surface area contributed by atoms with Gasteiger partial charge >= 0.3 is 5.97 Å². The SMILES string of the molecule is CCCCCC1(CCCCC)O[C@@H]2[C@H](O1)[C@H]1ON(Cc3ccc(C=COCCO)cc3)[C@H]3C(=O)O[C@@H]2C[C@@]13C(=O)NCCO. The highest BCUT2D eigenvalue weighted by molar-refractivity contribution is 5.93. The fourth-order valence-corrected chi connectivity index (χ4v) is 7.19. The smallest absolute Gasteiger partial charge is 0.327 e. The monoisotopic (exact) mass is 616 g/mol. The quantitative estimate of drug-likeness (QED) is 0.136. The Labute approximate surface area is 259 Å². The van der Waals surface area contributed by atoms with Gasteiger partial charge in [-0.25, -0.2) is 0 Å². The van der Waals surface area contributed by atoms with Crippen molar-refractivity contribution >= 4 is 18.0 Å². The number of rotatable bonds is 17. The molecule has 3 N–H and O–H groups in total. The van der Waals surface area contributed by atoms with Gasteiger partial charge in [0.25, 0.3) is 0 Å². The molecule has 3 saturated heterocycles. The molecule has 11 nitrogen and oxygen atoms in total. The minimum absolute atomic E-state index is 0.0541. The molecular weight excluding hydrogens is 568 g/mol. The number of nitrogens with one attached hydrogen (secondary N) is 1. The number of aliphatic hydroxyl groups is 2. The van der Waals surface area contributed by atoms with E-state index in [2.05, 4.69) is 19.2 Å². The van der Waals surface area contributed by atoms with E-state index in [1.54, 1.807) is 11.1 Å². The van der Waals surface area contributed by atoms with Gasteiger partial charge in [0.15, 0.2) is 11.8 Å². The Morgan fingerprint density at radius 2 is 1.75 bits per heavy atom. The van der Waals surface area contributed by atoms with Gasteiger partial charge in [0.1, 0.15) is 36.4 Å². The van der Waals surface area contributed by atoms with Crippen molar-refractivity contribution in [1.82, 2.24) is 10.4 Å². The molecule has 1 aliphatic carbocycles. The molecule has 1 amide bonds. The van der Waals surface area contributed by atoms with E-state index in [0.29, 0.717) is 0 Å². The number of ether oxygens (including phenoxy) is 4. The van der Waals surface area contributed by atoms with Gasteiger partial charge in [-0.3, -0.25) is 14.4 Å². The molecule has 1 aromatic rings. The summed E-state index contributed by atoms with van der Waals surface area (Å²) in [4.78, 5) is 34.3. The second-order valence-electron chi connectivity index (χ2n) is 12.3. The van der Waals surface area contributed by atoms with E-state index in [1.807, 2.05) is 24.3 Å². The molecule has 6 atom stereocenters. The van der Waals surface area contributed by atoms with Crippen molar-refractivity contribution in [1.29, 1.82) is 0 Å². The first-order valence-corrected chi connectivity index (χ1v) is 16.3. The summed E-state index contributed by atoms with van der Waals surface area (Å²) in [6, 6.07) is 6.71. The Bertz CT molecular complexity index is 1130. The summed E-state index contributed by atoms with van der Waals surface area (Å²) in [7, 11) is 0. The fraction of sp³-hybridized carbons (Fsp3) is 0.697. The molecule has 244 valence electrons. The highest BCUT2D eigenvalue weighted by atomic mass is 16.8. The molecule has 4 aliphatic rings. The highest BCUT2D eigenvalue weighted by Gasteiger charge is 2.76. The molecule has 0 spiro atoms. The maximum Gasteiger partial charge on any atom is 0.327 e. The highest BCUT2D eigenvalue weighted by Crippen LogP contribution is 2.58. The Morgan fingerprint density at radius 1 is 1.05 bits per heavy atom. The van der Waals surface area contributed by atoms with Crippen LogP contribution in [-0.2, 0) is 39.9 Å². The van der Waals surface area contributed by atoms with Crippen molar-refractivity contribution in [3.63, 3.8) is 0 Å². The molecule has 5 rings (SSSR count). The minimum Gasteiger partial charge on any atom is -0.499 e. The summed E-state index contributed by atoms with van der Waals surface area (Å²) in [6.07, 6.45) is 8.69. The third-order valence-corrected chi connectivity index (χ3v) is 9.28. The zero-order chi connectivity index (χ0) is 31.2. The molecule has 2 bridgehead atoms. The number of aliphatic hydroxyl groups excluding tert-OH is 2. The lowest BCUT2D eigenvalue weighted by atomic mass is 9.62. The van der Waals surface area contributed by atoms with Crippen molar-refractivity contribution in [2.45, 2.75) is 114 Å². The average molecular weight is 617 g/mol. The number of hydrogen-bond donors (Lipinski definition) is 3. The molecule has 44 heavy (non-hydrogen) atoms. The van der Waals surface area contributed by atoms with E-state index in [-0.39, 0.29) is 45.2 Å². The van der Waals surface area contributed by atoms with E-state index in [9.17, 15) is 14.7 Å². The largest absolute Gasteiger partial charge is 0.499 e. The predicted octanol–water partition coefficient (Wildman–Crippen LogP) is 3.22. The van der Waals surface area contributed by atoms with Crippen LogP contribution >= 0.6 is 0 Å². The Balaban J connectivity index is 1.43. The van der Waals surface area contributed by atoms with E-state index >= 15 is 0 Å². The Kier molecular flexibility index (Phi) is 11.0. The molecule has 1 saturated carbocycles. The maximum absolute atomic E-state index is 14.0. The third kappa shape index (κ3) is 6.54. The van der Waals surface area contributed by atoms with Crippen molar-refractivity contribution in [2.75, 3.05) is 26.4 Å². The number of amides is 1. The summed E-state index contributed by atoms with van der Waals surface area (Å²) in [5.74, 6) is -1.67. The zero-order valence-corrected chi connectivity index (χ0v) is 25.9. The second kappa shape index (κ2) is 14.7. The summed E-state index contributed by atoms with van der Waals surface area (Å²) < 4.78 is 24.9. The van der Waals surface area contributed by atoms with Crippen LogP contribution in [0.1, 0.15) is 82.8 Å². The molecule has 11 heteroatoms. The van der Waals surface area contributed by atoms with Crippen LogP contribution in [0.3, 0.4) is 0 Å². The number of hydrogen-bond acceptors (Lipinski definition) is 10. The Morgan fingerprint density at radius 3 is 2.41 bits per heavy atom. The van der Waals surface area contributed by atoms with E-state index < -0.39 is 47.6 Å². The van der Waals surface area contributed by atoms with Gasteiger partial charge in [-0.2, -0.15) is 5.06 Å². The second-order valence-corrected chi connectivity index (χ2v) is 12.3. The number of benzene rings is 1. The molecule has 0 aromatic heterocycles. The van der Waals surface area contributed by atoms with Crippen molar-refractivity contribution in [2.24, 2.45) is 5.41 Å². The number of carbonyl (C=O) groups is 2. The van der Waals surface area contributed by atoms with Crippen molar-refractivity contribution in [3.05, 3.63) is 41.7 Å². The van der Waals surface area contributed by atoms with Gasteiger partial charge in [0.05, 0.1) is 26.0 Å². The van der Waals surface area contributed by atoms with E-state index in [0.717, 1.165) is 62.5 Å². The number of unbranched alkanes of at least 4 members (excludes halogenated alkanes) is 4. The number of esters is 1. The molecule has 0 radical (unpaired) electrons. The van der Waals surface area contributed by atoms with Crippen molar-refractivity contribution < 1.29 is 43.6 Å². The number of fused-ring (bicyclic) bond motifs is 4. The van der Waals surface area contributed by atoms with Gasteiger partial charge in [-0.05, 0) is 30.0 Å².